The third kappa shape index (κ3) is 5.44. The van der Waals surface area contributed by atoms with Crippen molar-refractivity contribution in [2.45, 2.75) is 45.4 Å². The minimum Gasteiger partial charge on any atom is -0.478 e. The minimum atomic E-state index is -3.96. The van der Waals surface area contributed by atoms with E-state index in [0.29, 0.717) is 37.1 Å². The van der Waals surface area contributed by atoms with Crippen molar-refractivity contribution in [1.82, 2.24) is 4.98 Å². The fraction of sp³-hybridized carbons (Fsp3) is 0.435. The lowest BCUT2D eigenvalue weighted by atomic mass is 9.98. The summed E-state index contributed by atoms with van der Waals surface area (Å²) in [6.45, 7) is 8.17. The van der Waals surface area contributed by atoms with E-state index in [9.17, 15) is 23.1 Å². The molecule has 0 amide bonds. The van der Waals surface area contributed by atoms with Gasteiger partial charge in [0.1, 0.15) is 11.4 Å². The Labute approximate surface area is 193 Å². The largest absolute Gasteiger partial charge is 0.478 e. The highest BCUT2D eigenvalue weighted by molar-refractivity contribution is 7.92. The van der Waals surface area contributed by atoms with Crippen LogP contribution in [0.2, 0.25) is 0 Å². The zero-order valence-electron chi connectivity index (χ0n) is 19.2. The van der Waals surface area contributed by atoms with E-state index in [4.69, 9.17) is 4.74 Å². The van der Waals surface area contributed by atoms with Crippen LogP contribution in [0.15, 0.2) is 29.3 Å². The maximum absolute atomic E-state index is 13.1. The van der Waals surface area contributed by atoms with Crippen molar-refractivity contribution in [3.8, 4) is 0 Å². The number of sulfonamides is 1. The number of pyridine rings is 1. The van der Waals surface area contributed by atoms with Crippen molar-refractivity contribution in [2.24, 2.45) is 5.92 Å². The zero-order valence-corrected chi connectivity index (χ0v) is 20.0. The third-order valence-corrected chi connectivity index (χ3v) is 7.25. The highest BCUT2D eigenvalue weighted by atomic mass is 32.2. The number of nitrogens with zero attached hydrogens (tertiary/aromatic N) is 2. The molecular formula is C23H29N3O6S. The summed E-state index contributed by atoms with van der Waals surface area (Å²) in [7, 11) is -3.96. The van der Waals surface area contributed by atoms with Gasteiger partial charge in [-0.25, -0.2) is 18.2 Å². The van der Waals surface area contributed by atoms with E-state index >= 15 is 0 Å². The van der Waals surface area contributed by atoms with Crippen molar-refractivity contribution >= 4 is 33.5 Å². The number of aryl methyl sites for hydroxylation is 3. The molecule has 1 fully saturated rings. The Morgan fingerprint density at radius 3 is 2.48 bits per heavy atom. The molecule has 3 rings (SSSR count). The SMILES string of the molecule is CCOC(=O)C1CCCN(c2ncc(NS(=O)(=O)c3c(C)cc(C)cc3C)cc2C(=O)O)C1. The monoisotopic (exact) mass is 475 g/mol. The van der Waals surface area contributed by atoms with E-state index in [1.165, 1.54) is 12.3 Å². The Kier molecular flexibility index (Phi) is 7.26. The van der Waals surface area contributed by atoms with Crippen molar-refractivity contribution < 1.29 is 27.9 Å². The standard InChI is InChI=1S/C23H29N3O6S/c1-5-32-23(29)17-7-6-8-26(13-17)21-19(22(27)28)11-18(12-24-21)25-33(30,31)20-15(3)9-14(2)10-16(20)4/h9-12,17,25H,5-8,13H2,1-4H3,(H,27,28). The van der Waals surface area contributed by atoms with E-state index < -0.39 is 16.0 Å². The minimum absolute atomic E-state index is 0.0504. The summed E-state index contributed by atoms with van der Waals surface area (Å²) in [5.41, 5.74) is 2.06. The van der Waals surface area contributed by atoms with E-state index in [1.54, 1.807) is 37.8 Å². The number of carbonyl (C=O) groups excluding carboxylic acids is 1. The molecule has 1 aromatic carbocycles. The van der Waals surface area contributed by atoms with Crippen LogP contribution in [0.1, 0.15) is 46.8 Å². The predicted octanol–water partition coefficient (Wildman–Crippen LogP) is 3.29. The molecule has 2 heterocycles. The summed E-state index contributed by atoms with van der Waals surface area (Å²) >= 11 is 0. The van der Waals surface area contributed by atoms with Crippen LogP contribution in [-0.4, -0.2) is 50.1 Å². The van der Waals surface area contributed by atoms with E-state index in [1.807, 2.05) is 6.92 Å². The summed E-state index contributed by atoms with van der Waals surface area (Å²) in [4.78, 5) is 30.3. The summed E-state index contributed by atoms with van der Waals surface area (Å²) in [6.07, 6.45) is 2.64. The molecule has 2 N–H and O–H groups in total. The van der Waals surface area contributed by atoms with Gasteiger partial charge >= 0.3 is 11.9 Å². The molecule has 1 saturated heterocycles. The number of aromatic nitrogens is 1. The van der Waals surface area contributed by atoms with Crippen LogP contribution in [0.4, 0.5) is 11.5 Å². The molecule has 1 aliphatic heterocycles. The van der Waals surface area contributed by atoms with Crippen molar-refractivity contribution in [1.29, 1.82) is 0 Å². The first-order valence-corrected chi connectivity index (χ1v) is 12.3. The average molecular weight is 476 g/mol. The number of carbonyl (C=O) groups is 2. The summed E-state index contributed by atoms with van der Waals surface area (Å²) in [6, 6.07) is 4.82. The Morgan fingerprint density at radius 2 is 1.88 bits per heavy atom. The molecule has 178 valence electrons. The first kappa shape index (κ1) is 24.5. The van der Waals surface area contributed by atoms with Crippen molar-refractivity contribution in [2.75, 3.05) is 29.3 Å². The molecule has 1 aromatic heterocycles. The molecule has 1 aliphatic rings. The first-order valence-electron chi connectivity index (χ1n) is 10.8. The normalized spacial score (nSPS) is 16.4. The Morgan fingerprint density at radius 1 is 1.21 bits per heavy atom. The van der Waals surface area contributed by atoms with Crippen LogP contribution < -0.4 is 9.62 Å². The molecule has 0 radical (unpaired) electrons. The topological polar surface area (TPSA) is 126 Å². The molecule has 0 aliphatic carbocycles. The van der Waals surface area contributed by atoms with E-state index in [2.05, 4.69) is 9.71 Å². The second-order valence-electron chi connectivity index (χ2n) is 8.27. The maximum Gasteiger partial charge on any atom is 0.339 e. The molecule has 0 saturated carbocycles. The lowest BCUT2D eigenvalue weighted by Gasteiger charge is -2.33. The molecular weight excluding hydrogens is 446 g/mol. The molecule has 0 bridgehead atoms. The van der Waals surface area contributed by atoms with Gasteiger partial charge in [-0.1, -0.05) is 17.7 Å². The quantitative estimate of drug-likeness (QED) is 0.584. The molecule has 1 unspecified atom stereocenters. The lowest BCUT2D eigenvalue weighted by molar-refractivity contribution is -0.148. The van der Waals surface area contributed by atoms with Crippen LogP contribution in [-0.2, 0) is 19.6 Å². The highest BCUT2D eigenvalue weighted by Gasteiger charge is 2.30. The zero-order chi connectivity index (χ0) is 24.3. The number of hydrogen-bond donors (Lipinski definition) is 2. The van der Waals surface area contributed by atoms with Gasteiger partial charge in [0.2, 0.25) is 0 Å². The number of esters is 1. The number of carboxylic acid groups (broad SMARTS) is 1. The van der Waals surface area contributed by atoms with Gasteiger partial charge in [-0.15, -0.1) is 0 Å². The smallest absolute Gasteiger partial charge is 0.339 e. The first-order chi connectivity index (χ1) is 15.5. The van der Waals surface area contributed by atoms with E-state index in [-0.39, 0.29) is 40.5 Å². The maximum atomic E-state index is 13.1. The predicted molar refractivity (Wildman–Crippen MR) is 124 cm³/mol. The van der Waals surface area contributed by atoms with Gasteiger partial charge in [-0.2, -0.15) is 0 Å². The molecule has 0 spiro atoms. The van der Waals surface area contributed by atoms with E-state index in [0.717, 1.165) is 5.56 Å². The number of ether oxygens (including phenoxy) is 1. The van der Waals surface area contributed by atoms with Gasteiger partial charge in [0.25, 0.3) is 10.0 Å². The highest BCUT2D eigenvalue weighted by Crippen LogP contribution is 2.29. The number of hydrogen-bond acceptors (Lipinski definition) is 7. The number of nitrogens with one attached hydrogen (secondary N) is 1. The van der Waals surface area contributed by atoms with Gasteiger partial charge in [-0.05, 0) is 57.7 Å². The molecule has 2 aromatic rings. The molecule has 1 atom stereocenters. The summed E-state index contributed by atoms with van der Waals surface area (Å²) in [5, 5.41) is 9.78. The van der Waals surface area contributed by atoms with Gasteiger partial charge in [0.05, 0.1) is 29.3 Å². The van der Waals surface area contributed by atoms with Crippen molar-refractivity contribution in [3.05, 3.63) is 46.6 Å². The lowest BCUT2D eigenvalue weighted by Crippen LogP contribution is -2.40. The molecule has 9 nitrogen and oxygen atoms in total. The number of carboxylic acids is 1. The Balaban J connectivity index is 1.91. The molecule has 10 heteroatoms. The van der Waals surface area contributed by atoms with Crippen LogP contribution >= 0.6 is 0 Å². The van der Waals surface area contributed by atoms with Gasteiger partial charge in [0.15, 0.2) is 0 Å². The van der Waals surface area contributed by atoms with Crippen molar-refractivity contribution in [3.63, 3.8) is 0 Å². The Hall–Kier alpha value is -3.14. The van der Waals surface area contributed by atoms with Crippen LogP contribution in [0.25, 0.3) is 0 Å². The number of piperidine rings is 1. The summed E-state index contributed by atoms with van der Waals surface area (Å²) in [5.74, 6) is -1.72. The number of rotatable bonds is 7. The second-order valence-corrected chi connectivity index (χ2v) is 9.89. The summed E-state index contributed by atoms with van der Waals surface area (Å²) < 4.78 is 33.7. The molecule has 33 heavy (non-hydrogen) atoms. The third-order valence-electron chi connectivity index (χ3n) is 5.56. The Bertz CT molecular complexity index is 1160. The van der Waals surface area contributed by atoms with Gasteiger partial charge in [-0.3, -0.25) is 9.52 Å². The van der Waals surface area contributed by atoms with Crippen LogP contribution in [0.5, 0.6) is 0 Å². The average Bonchev–Trinajstić information content (AvgIpc) is 2.72. The number of aromatic carboxylic acids is 1. The number of benzene rings is 1. The fourth-order valence-corrected chi connectivity index (χ4v) is 5.83. The number of anilines is 2. The van der Waals surface area contributed by atoms with Crippen LogP contribution in [0, 0.1) is 26.7 Å². The van der Waals surface area contributed by atoms with Gasteiger partial charge < -0.3 is 14.7 Å². The second kappa shape index (κ2) is 9.78. The van der Waals surface area contributed by atoms with Crippen LogP contribution in [0.3, 0.4) is 0 Å². The fourth-order valence-electron chi connectivity index (χ4n) is 4.34. The van der Waals surface area contributed by atoms with Gasteiger partial charge in [0, 0.05) is 13.1 Å².